The normalized spacial score (nSPS) is 26.3. The summed E-state index contributed by atoms with van der Waals surface area (Å²) < 4.78 is 23.3. The van der Waals surface area contributed by atoms with E-state index in [-0.39, 0.29) is 5.41 Å². The number of likely N-dealkylation sites (tertiary alicyclic amines) is 1. The second kappa shape index (κ2) is 7.45. The molecule has 2 saturated carbocycles. The molecular formula is C19H35N3O2S. The van der Waals surface area contributed by atoms with Gasteiger partial charge in [-0.3, -0.25) is 4.99 Å². The lowest BCUT2D eigenvalue weighted by Gasteiger charge is -2.44. The molecule has 5 nitrogen and oxygen atoms in total. The van der Waals surface area contributed by atoms with Gasteiger partial charge in [0.25, 0.3) is 0 Å². The van der Waals surface area contributed by atoms with E-state index < -0.39 is 9.84 Å². The van der Waals surface area contributed by atoms with Crippen LogP contribution in [0.1, 0.15) is 64.2 Å². The first-order valence-corrected chi connectivity index (χ1v) is 12.0. The zero-order valence-electron chi connectivity index (χ0n) is 16.0. The van der Waals surface area contributed by atoms with E-state index in [0.717, 1.165) is 38.4 Å². The number of piperidine rings is 1. The van der Waals surface area contributed by atoms with Crippen molar-refractivity contribution in [3.63, 3.8) is 0 Å². The van der Waals surface area contributed by atoms with Crippen LogP contribution in [0.4, 0.5) is 0 Å². The van der Waals surface area contributed by atoms with Crippen molar-refractivity contribution < 1.29 is 8.42 Å². The van der Waals surface area contributed by atoms with Gasteiger partial charge in [0.1, 0.15) is 9.84 Å². The van der Waals surface area contributed by atoms with E-state index in [9.17, 15) is 8.42 Å². The molecule has 3 rings (SSSR count). The van der Waals surface area contributed by atoms with Crippen LogP contribution in [0.25, 0.3) is 0 Å². The van der Waals surface area contributed by atoms with Gasteiger partial charge in [0.05, 0.1) is 5.75 Å². The van der Waals surface area contributed by atoms with Crippen LogP contribution >= 0.6 is 0 Å². The molecule has 2 aliphatic carbocycles. The summed E-state index contributed by atoms with van der Waals surface area (Å²) in [5.74, 6) is 1.27. The Morgan fingerprint density at radius 3 is 2.24 bits per heavy atom. The average molecular weight is 370 g/mol. The Hall–Kier alpha value is -0.780. The molecule has 0 atom stereocenters. The SMILES string of the molecule is CN=C(NCC1(CS(C)(=O)=O)CC1)N1CCCC2(CCCCCC2)C1. The Labute approximate surface area is 153 Å². The van der Waals surface area contributed by atoms with Crippen molar-refractivity contribution in [3.8, 4) is 0 Å². The summed E-state index contributed by atoms with van der Waals surface area (Å²) in [4.78, 5) is 6.96. The third-order valence-corrected chi connectivity index (χ3v) is 7.62. The highest BCUT2D eigenvalue weighted by Gasteiger charge is 2.45. The molecule has 144 valence electrons. The summed E-state index contributed by atoms with van der Waals surface area (Å²) in [6.07, 6.45) is 14.2. The van der Waals surface area contributed by atoms with Gasteiger partial charge in [0.15, 0.2) is 5.96 Å². The van der Waals surface area contributed by atoms with Gasteiger partial charge in [0, 0.05) is 38.4 Å². The molecule has 0 radical (unpaired) electrons. The Kier molecular flexibility index (Phi) is 5.66. The van der Waals surface area contributed by atoms with E-state index in [4.69, 9.17) is 0 Å². The van der Waals surface area contributed by atoms with Crippen LogP contribution in [-0.4, -0.2) is 58.0 Å². The first-order valence-electron chi connectivity index (χ1n) is 9.99. The van der Waals surface area contributed by atoms with E-state index in [2.05, 4.69) is 15.2 Å². The third-order valence-electron chi connectivity index (χ3n) is 6.48. The lowest BCUT2D eigenvalue weighted by Crippen LogP contribution is -2.51. The van der Waals surface area contributed by atoms with Crippen molar-refractivity contribution in [1.82, 2.24) is 10.2 Å². The molecule has 0 bridgehead atoms. The molecule has 0 aromatic rings. The minimum absolute atomic E-state index is 0.0562. The van der Waals surface area contributed by atoms with Crippen molar-refractivity contribution in [1.29, 1.82) is 0 Å². The number of hydrogen-bond donors (Lipinski definition) is 1. The summed E-state index contributed by atoms with van der Waals surface area (Å²) in [6.45, 7) is 2.92. The summed E-state index contributed by atoms with van der Waals surface area (Å²) in [5.41, 5.74) is 0.426. The number of aliphatic imine (C=N–C) groups is 1. The third kappa shape index (κ3) is 5.11. The second-order valence-electron chi connectivity index (χ2n) is 8.91. The van der Waals surface area contributed by atoms with Gasteiger partial charge >= 0.3 is 0 Å². The number of rotatable bonds is 4. The highest BCUT2D eigenvalue weighted by molar-refractivity contribution is 7.90. The predicted octanol–water partition coefficient (Wildman–Crippen LogP) is 2.82. The van der Waals surface area contributed by atoms with Crippen LogP contribution in [0.5, 0.6) is 0 Å². The molecule has 0 aromatic heterocycles. The molecule has 6 heteroatoms. The maximum Gasteiger partial charge on any atom is 0.193 e. The second-order valence-corrected chi connectivity index (χ2v) is 11.1. The number of hydrogen-bond acceptors (Lipinski definition) is 3. The van der Waals surface area contributed by atoms with Crippen molar-refractivity contribution in [2.75, 3.05) is 38.7 Å². The number of nitrogens with zero attached hydrogens (tertiary/aromatic N) is 2. The Balaban J connectivity index is 1.59. The summed E-state index contributed by atoms with van der Waals surface area (Å²) >= 11 is 0. The van der Waals surface area contributed by atoms with Crippen LogP contribution in [0.2, 0.25) is 0 Å². The van der Waals surface area contributed by atoms with Crippen LogP contribution < -0.4 is 5.32 Å². The van der Waals surface area contributed by atoms with Crippen molar-refractivity contribution in [3.05, 3.63) is 0 Å². The van der Waals surface area contributed by atoms with Crippen molar-refractivity contribution in [2.24, 2.45) is 15.8 Å². The van der Waals surface area contributed by atoms with Crippen molar-refractivity contribution >= 4 is 15.8 Å². The quantitative estimate of drug-likeness (QED) is 0.611. The van der Waals surface area contributed by atoms with Gasteiger partial charge in [-0.2, -0.15) is 0 Å². The van der Waals surface area contributed by atoms with Crippen LogP contribution in [-0.2, 0) is 9.84 Å². The summed E-state index contributed by atoms with van der Waals surface area (Å²) in [7, 11) is -1.06. The minimum atomic E-state index is -2.92. The highest BCUT2D eigenvalue weighted by Crippen LogP contribution is 2.46. The maximum absolute atomic E-state index is 11.7. The van der Waals surface area contributed by atoms with Gasteiger partial charge < -0.3 is 10.2 Å². The zero-order valence-corrected chi connectivity index (χ0v) is 16.8. The standard InChI is InChI=1S/C19H35N3O2S/c1-20-17(21-14-19(11-12-19)16-25(2,23)24)22-13-7-10-18(15-22)8-5-3-4-6-9-18/h3-16H2,1-2H3,(H,20,21). The summed E-state index contributed by atoms with van der Waals surface area (Å²) in [6, 6.07) is 0. The molecule has 1 heterocycles. The van der Waals surface area contributed by atoms with Crippen LogP contribution in [0, 0.1) is 10.8 Å². The minimum Gasteiger partial charge on any atom is -0.356 e. The first kappa shape index (κ1) is 19.0. The molecule has 3 fully saturated rings. The van der Waals surface area contributed by atoms with Gasteiger partial charge in [-0.25, -0.2) is 8.42 Å². The van der Waals surface area contributed by atoms with Gasteiger partial charge in [-0.1, -0.05) is 25.7 Å². The molecule has 0 amide bonds. The number of nitrogens with one attached hydrogen (secondary N) is 1. The number of guanidine groups is 1. The van der Waals surface area contributed by atoms with Gasteiger partial charge in [0.2, 0.25) is 0 Å². The average Bonchev–Trinajstić information content (AvgIpc) is 3.32. The fourth-order valence-corrected chi connectivity index (χ4v) is 6.48. The fourth-order valence-electron chi connectivity index (χ4n) is 4.98. The molecule has 1 aliphatic heterocycles. The molecule has 1 saturated heterocycles. The van der Waals surface area contributed by atoms with E-state index >= 15 is 0 Å². The Morgan fingerprint density at radius 1 is 1.04 bits per heavy atom. The Bertz CT molecular complexity index is 588. The fraction of sp³-hybridized carbons (Fsp3) is 0.947. The molecule has 1 N–H and O–H groups in total. The van der Waals surface area contributed by atoms with E-state index in [1.807, 2.05) is 7.05 Å². The highest BCUT2D eigenvalue weighted by atomic mass is 32.2. The van der Waals surface area contributed by atoms with Crippen molar-refractivity contribution in [2.45, 2.75) is 64.2 Å². The lowest BCUT2D eigenvalue weighted by molar-refractivity contribution is 0.115. The molecular weight excluding hydrogens is 334 g/mol. The van der Waals surface area contributed by atoms with E-state index in [1.165, 1.54) is 57.6 Å². The molecule has 0 unspecified atom stereocenters. The van der Waals surface area contributed by atoms with Crippen LogP contribution in [0.15, 0.2) is 4.99 Å². The van der Waals surface area contributed by atoms with Gasteiger partial charge in [-0.05, 0) is 43.9 Å². The molecule has 3 aliphatic rings. The lowest BCUT2D eigenvalue weighted by atomic mass is 9.74. The Morgan fingerprint density at radius 2 is 1.68 bits per heavy atom. The first-order chi connectivity index (χ1) is 11.9. The zero-order chi connectivity index (χ0) is 18.0. The summed E-state index contributed by atoms with van der Waals surface area (Å²) in [5, 5.41) is 3.51. The topological polar surface area (TPSA) is 61.8 Å². The molecule has 1 spiro atoms. The smallest absolute Gasteiger partial charge is 0.193 e. The van der Waals surface area contributed by atoms with Crippen LogP contribution in [0.3, 0.4) is 0 Å². The van der Waals surface area contributed by atoms with Gasteiger partial charge in [-0.15, -0.1) is 0 Å². The molecule has 25 heavy (non-hydrogen) atoms. The van der Waals surface area contributed by atoms with E-state index in [0.29, 0.717) is 11.2 Å². The molecule has 0 aromatic carbocycles. The largest absolute Gasteiger partial charge is 0.356 e. The number of sulfone groups is 1. The monoisotopic (exact) mass is 369 g/mol. The predicted molar refractivity (Wildman–Crippen MR) is 104 cm³/mol. The van der Waals surface area contributed by atoms with E-state index in [1.54, 1.807) is 0 Å². The maximum atomic E-state index is 11.7.